The maximum atomic E-state index is 11.9. The number of hydrogen-bond acceptors (Lipinski definition) is 5. The van der Waals surface area contributed by atoms with Crippen molar-refractivity contribution in [2.45, 2.75) is 11.9 Å². The van der Waals surface area contributed by atoms with E-state index in [0.29, 0.717) is 20.8 Å². The lowest BCUT2D eigenvalue weighted by molar-refractivity contribution is -0.113. The zero-order chi connectivity index (χ0) is 15.4. The van der Waals surface area contributed by atoms with Crippen molar-refractivity contribution < 1.29 is 4.79 Å². The van der Waals surface area contributed by atoms with E-state index in [1.165, 1.54) is 11.8 Å². The highest BCUT2D eigenvalue weighted by molar-refractivity contribution is 7.99. The van der Waals surface area contributed by atoms with Crippen LogP contribution < -0.4 is 11.1 Å². The highest BCUT2D eigenvalue weighted by Gasteiger charge is 2.08. The van der Waals surface area contributed by atoms with E-state index in [-0.39, 0.29) is 17.6 Å². The first-order valence-corrected chi connectivity index (χ1v) is 7.67. The molecule has 5 nitrogen and oxygen atoms in total. The van der Waals surface area contributed by atoms with Crippen molar-refractivity contribution >= 4 is 52.5 Å². The summed E-state index contributed by atoms with van der Waals surface area (Å²) in [6, 6.07) is 6.64. The first-order chi connectivity index (χ1) is 9.94. The molecule has 0 aliphatic heterocycles. The lowest BCUT2D eigenvalue weighted by Gasteiger charge is -2.07. The largest absolute Gasteiger partial charge is 0.368 e. The van der Waals surface area contributed by atoms with Gasteiger partial charge in [-0.15, -0.1) is 0 Å². The Balaban J connectivity index is 1.97. The second-order valence-electron chi connectivity index (χ2n) is 4.17. The molecule has 0 bridgehead atoms. The number of hydrogen-bond donors (Lipinski definition) is 2. The number of nitrogens with zero attached hydrogens (tertiary/aromatic N) is 2. The number of amides is 1. The van der Waals surface area contributed by atoms with Crippen LogP contribution in [0, 0.1) is 6.92 Å². The fraction of sp³-hybridized carbons (Fsp3) is 0.154. The quantitative estimate of drug-likeness (QED) is 0.657. The maximum absolute atomic E-state index is 11.9. The number of thioether (sulfide) groups is 1. The van der Waals surface area contributed by atoms with Gasteiger partial charge in [-0.25, -0.2) is 9.97 Å². The van der Waals surface area contributed by atoms with Crippen LogP contribution in [0.1, 0.15) is 5.69 Å². The molecule has 0 unspecified atom stereocenters. The number of aryl methyl sites for hydroxylation is 1. The summed E-state index contributed by atoms with van der Waals surface area (Å²) in [6.07, 6.45) is 0. The predicted molar refractivity (Wildman–Crippen MR) is 87.0 cm³/mol. The normalized spacial score (nSPS) is 10.4. The average Bonchev–Trinajstić information content (AvgIpc) is 2.40. The summed E-state index contributed by atoms with van der Waals surface area (Å²) in [4.78, 5) is 19.9. The van der Waals surface area contributed by atoms with Crippen LogP contribution in [0.4, 0.5) is 11.6 Å². The number of nitrogen functional groups attached to an aromatic ring is 1. The first-order valence-electron chi connectivity index (χ1n) is 5.93. The van der Waals surface area contributed by atoms with E-state index in [2.05, 4.69) is 15.3 Å². The second-order valence-corrected chi connectivity index (χ2v) is 6.01. The molecule has 2 rings (SSSR count). The second kappa shape index (κ2) is 6.98. The number of halogens is 2. The smallest absolute Gasteiger partial charge is 0.234 e. The summed E-state index contributed by atoms with van der Waals surface area (Å²) in [5.74, 6) is 0.161. The number of nitrogens with one attached hydrogen (secondary N) is 1. The van der Waals surface area contributed by atoms with E-state index in [9.17, 15) is 4.79 Å². The predicted octanol–water partition coefficient (Wildman–Crippen LogP) is 3.40. The summed E-state index contributed by atoms with van der Waals surface area (Å²) < 4.78 is 0. The van der Waals surface area contributed by atoms with Gasteiger partial charge in [0.25, 0.3) is 0 Å². The SMILES string of the molecule is Cc1cc(SCC(=O)Nc2cc(Cl)ccc2Cl)nc(N)n1. The van der Waals surface area contributed by atoms with E-state index in [1.54, 1.807) is 24.3 Å². The summed E-state index contributed by atoms with van der Waals surface area (Å²) in [5, 5.41) is 4.28. The Hall–Kier alpha value is -1.50. The van der Waals surface area contributed by atoms with Gasteiger partial charge in [0, 0.05) is 10.7 Å². The van der Waals surface area contributed by atoms with E-state index in [0.717, 1.165) is 5.69 Å². The molecule has 21 heavy (non-hydrogen) atoms. The van der Waals surface area contributed by atoms with Crippen molar-refractivity contribution in [2.75, 3.05) is 16.8 Å². The van der Waals surface area contributed by atoms with Gasteiger partial charge in [-0.05, 0) is 31.2 Å². The van der Waals surface area contributed by atoms with Crippen molar-refractivity contribution in [2.24, 2.45) is 0 Å². The Morgan fingerprint density at radius 1 is 1.33 bits per heavy atom. The fourth-order valence-electron chi connectivity index (χ4n) is 1.55. The molecule has 2 aromatic rings. The third-order valence-electron chi connectivity index (χ3n) is 2.40. The molecule has 1 amide bonds. The van der Waals surface area contributed by atoms with Crippen LogP contribution in [-0.2, 0) is 4.79 Å². The van der Waals surface area contributed by atoms with Crippen LogP contribution in [0.15, 0.2) is 29.3 Å². The zero-order valence-electron chi connectivity index (χ0n) is 11.1. The number of aromatic nitrogens is 2. The van der Waals surface area contributed by atoms with E-state index in [4.69, 9.17) is 28.9 Å². The zero-order valence-corrected chi connectivity index (χ0v) is 13.4. The fourth-order valence-corrected chi connectivity index (χ4v) is 2.65. The van der Waals surface area contributed by atoms with Gasteiger partial charge in [0.1, 0.15) is 5.03 Å². The van der Waals surface area contributed by atoms with Crippen molar-refractivity contribution in [1.82, 2.24) is 9.97 Å². The van der Waals surface area contributed by atoms with Gasteiger partial charge >= 0.3 is 0 Å². The van der Waals surface area contributed by atoms with E-state index in [1.807, 2.05) is 6.92 Å². The van der Waals surface area contributed by atoms with Crippen molar-refractivity contribution in [3.8, 4) is 0 Å². The van der Waals surface area contributed by atoms with Crippen LogP contribution in [0.3, 0.4) is 0 Å². The van der Waals surface area contributed by atoms with Crippen LogP contribution >= 0.6 is 35.0 Å². The lowest BCUT2D eigenvalue weighted by atomic mass is 10.3. The third kappa shape index (κ3) is 4.77. The highest BCUT2D eigenvalue weighted by Crippen LogP contribution is 2.26. The minimum atomic E-state index is -0.209. The minimum absolute atomic E-state index is 0.179. The van der Waals surface area contributed by atoms with Gasteiger partial charge in [-0.2, -0.15) is 0 Å². The molecular formula is C13H12Cl2N4OS. The Morgan fingerprint density at radius 2 is 2.10 bits per heavy atom. The number of rotatable bonds is 4. The molecule has 1 heterocycles. The third-order valence-corrected chi connectivity index (χ3v) is 3.88. The number of nitrogens with two attached hydrogens (primary N) is 1. The van der Waals surface area contributed by atoms with Crippen molar-refractivity contribution in [3.05, 3.63) is 40.0 Å². The molecular weight excluding hydrogens is 331 g/mol. The van der Waals surface area contributed by atoms with E-state index >= 15 is 0 Å². The minimum Gasteiger partial charge on any atom is -0.368 e. The summed E-state index contributed by atoms with van der Waals surface area (Å²) in [7, 11) is 0. The lowest BCUT2D eigenvalue weighted by Crippen LogP contribution is -2.14. The van der Waals surface area contributed by atoms with Gasteiger partial charge in [-0.3, -0.25) is 4.79 Å². The summed E-state index contributed by atoms with van der Waals surface area (Å²) >= 11 is 13.1. The Labute approximate surface area is 136 Å². The standard InChI is InChI=1S/C13H12Cl2N4OS/c1-7-4-12(19-13(16)17-7)21-6-11(20)18-10-5-8(14)2-3-9(10)15/h2-5H,6H2,1H3,(H,18,20)(H2,16,17,19). The number of carbonyl (C=O) groups excluding carboxylic acids is 1. The molecule has 0 aliphatic rings. The topological polar surface area (TPSA) is 80.9 Å². The Bertz CT molecular complexity index is 661. The van der Waals surface area contributed by atoms with Gasteiger partial charge in [0.15, 0.2) is 0 Å². The highest BCUT2D eigenvalue weighted by atomic mass is 35.5. The van der Waals surface area contributed by atoms with Crippen LogP contribution in [0.5, 0.6) is 0 Å². The molecule has 0 radical (unpaired) electrons. The molecule has 0 aliphatic carbocycles. The van der Waals surface area contributed by atoms with Crippen LogP contribution in [0.2, 0.25) is 10.0 Å². The Morgan fingerprint density at radius 3 is 2.81 bits per heavy atom. The summed E-state index contributed by atoms with van der Waals surface area (Å²) in [6.45, 7) is 1.81. The van der Waals surface area contributed by atoms with Gasteiger partial charge in [0.05, 0.1) is 16.5 Å². The van der Waals surface area contributed by atoms with Crippen molar-refractivity contribution in [3.63, 3.8) is 0 Å². The molecule has 3 N–H and O–H groups in total. The Kier molecular flexibility index (Phi) is 5.27. The first kappa shape index (κ1) is 15.9. The van der Waals surface area contributed by atoms with Crippen molar-refractivity contribution in [1.29, 1.82) is 0 Å². The molecule has 1 aromatic carbocycles. The molecule has 1 aromatic heterocycles. The molecule has 110 valence electrons. The molecule has 0 fully saturated rings. The molecule has 0 atom stereocenters. The van der Waals surface area contributed by atoms with Gasteiger partial charge in [0.2, 0.25) is 11.9 Å². The molecule has 0 saturated heterocycles. The average molecular weight is 343 g/mol. The summed E-state index contributed by atoms with van der Waals surface area (Å²) in [5.41, 5.74) is 6.79. The maximum Gasteiger partial charge on any atom is 0.234 e. The monoisotopic (exact) mass is 342 g/mol. The molecule has 8 heteroatoms. The van der Waals surface area contributed by atoms with E-state index < -0.39 is 0 Å². The number of carbonyl (C=O) groups is 1. The molecule has 0 saturated carbocycles. The van der Waals surface area contributed by atoms with Gasteiger partial charge in [-0.1, -0.05) is 35.0 Å². The number of benzene rings is 1. The number of anilines is 2. The van der Waals surface area contributed by atoms with Crippen LogP contribution in [-0.4, -0.2) is 21.6 Å². The molecule has 0 spiro atoms. The van der Waals surface area contributed by atoms with Gasteiger partial charge < -0.3 is 11.1 Å². The van der Waals surface area contributed by atoms with Crippen LogP contribution in [0.25, 0.3) is 0 Å².